The summed E-state index contributed by atoms with van der Waals surface area (Å²) < 4.78 is 23.3. The van der Waals surface area contributed by atoms with E-state index in [1.54, 1.807) is 6.08 Å². The highest BCUT2D eigenvalue weighted by atomic mass is 16.8. The number of carbonyl (C=O) groups is 3. The highest BCUT2D eigenvalue weighted by Crippen LogP contribution is 2.67. The van der Waals surface area contributed by atoms with Crippen molar-refractivity contribution in [3.05, 3.63) is 36.5 Å². The van der Waals surface area contributed by atoms with Crippen molar-refractivity contribution < 1.29 is 33.3 Å². The molecule has 1 aliphatic heterocycles. The summed E-state index contributed by atoms with van der Waals surface area (Å²) in [5.74, 6) is -0.895. The molecule has 1 saturated heterocycles. The van der Waals surface area contributed by atoms with E-state index >= 15 is 0 Å². The largest absolute Gasteiger partial charge is 0.458 e. The Balaban J connectivity index is 2.12. The molecular weight excluding hydrogens is 448 g/mol. The third-order valence-corrected chi connectivity index (χ3v) is 8.38. The van der Waals surface area contributed by atoms with Crippen LogP contribution in [0.5, 0.6) is 0 Å². The number of esters is 3. The van der Waals surface area contributed by atoms with Crippen LogP contribution in [-0.4, -0.2) is 36.6 Å². The van der Waals surface area contributed by atoms with Gasteiger partial charge in [-0.15, -0.1) is 0 Å². The van der Waals surface area contributed by atoms with Crippen molar-refractivity contribution in [3.63, 3.8) is 0 Å². The molecule has 1 heterocycles. The van der Waals surface area contributed by atoms with Gasteiger partial charge in [0.15, 0.2) is 0 Å². The van der Waals surface area contributed by atoms with Crippen LogP contribution in [0, 0.1) is 22.7 Å². The van der Waals surface area contributed by atoms with E-state index in [0.717, 1.165) is 30.4 Å². The van der Waals surface area contributed by atoms with Crippen LogP contribution in [0.3, 0.4) is 0 Å². The van der Waals surface area contributed by atoms with E-state index in [1.165, 1.54) is 13.8 Å². The fourth-order valence-corrected chi connectivity index (χ4v) is 6.39. The van der Waals surface area contributed by atoms with Gasteiger partial charge in [0.1, 0.15) is 6.10 Å². The van der Waals surface area contributed by atoms with Crippen LogP contribution in [0.2, 0.25) is 0 Å². The molecule has 3 aliphatic rings. The molecule has 7 atom stereocenters. The van der Waals surface area contributed by atoms with Gasteiger partial charge in [-0.1, -0.05) is 45.6 Å². The van der Waals surface area contributed by atoms with Crippen LogP contribution in [-0.2, 0) is 33.3 Å². The Bertz CT molecular complexity index is 905. The first kappa shape index (κ1) is 27.2. The molecular formula is C28H40O7. The van der Waals surface area contributed by atoms with Crippen molar-refractivity contribution >= 4 is 17.9 Å². The zero-order valence-electron chi connectivity index (χ0n) is 21.8. The summed E-state index contributed by atoms with van der Waals surface area (Å²) in [7, 11) is 0. The van der Waals surface area contributed by atoms with E-state index in [0.29, 0.717) is 31.6 Å². The summed E-state index contributed by atoms with van der Waals surface area (Å²) >= 11 is 0. The normalized spacial score (nSPS) is 35.7. The maximum absolute atomic E-state index is 12.5. The first-order valence-corrected chi connectivity index (χ1v) is 12.7. The van der Waals surface area contributed by atoms with Crippen molar-refractivity contribution in [2.45, 2.75) is 98.2 Å². The van der Waals surface area contributed by atoms with E-state index in [-0.39, 0.29) is 17.3 Å². The molecule has 0 aromatic rings. The summed E-state index contributed by atoms with van der Waals surface area (Å²) in [4.78, 5) is 36.5. The average Bonchev–Trinajstić information content (AvgIpc) is 3.05. The Kier molecular flexibility index (Phi) is 8.30. The quantitative estimate of drug-likeness (QED) is 0.186. The van der Waals surface area contributed by atoms with Gasteiger partial charge in [0.25, 0.3) is 0 Å². The van der Waals surface area contributed by atoms with E-state index in [4.69, 9.17) is 18.9 Å². The van der Waals surface area contributed by atoms with Crippen LogP contribution >= 0.6 is 0 Å². The predicted molar refractivity (Wildman–Crippen MR) is 131 cm³/mol. The molecule has 1 saturated carbocycles. The van der Waals surface area contributed by atoms with Gasteiger partial charge < -0.3 is 14.2 Å². The summed E-state index contributed by atoms with van der Waals surface area (Å²) in [6.45, 7) is 17.1. The Morgan fingerprint density at radius 2 is 1.86 bits per heavy atom. The van der Waals surface area contributed by atoms with Crippen LogP contribution in [0.4, 0.5) is 0 Å². The van der Waals surface area contributed by atoms with Gasteiger partial charge >= 0.3 is 17.9 Å². The molecule has 0 aromatic carbocycles. The Morgan fingerprint density at radius 1 is 1.17 bits per heavy atom. The molecule has 35 heavy (non-hydrogen) atoms. The lowest BCUT2D eigenvalue weighted by Crippen LogP contribution is -2.57. The zero-order chi connectivity index (χ0) is 26.0. The summed E-state index contributed by atoms with van der Waals surface area (Å²) in [5, 5.41) is 0. The van der Waals surface area contributed by atoms with Gasteiger partial charge in [-0.3, -0.25) is 19.1 Å². The second kappa shape index (κ2) is 10.7. The molecule has 0 unspecified atom stereocenters. The number of allylic oxidation sites excluding steroid dienone is 2. The van der Waals surface area contributed by atoms with Crippen molar-refractivity contribution in [1.82, 2.24) is 0 Å². The molecule has 7 heteroatoms. The SMILES string of the molecule is C=CC(=C)CC[C@]1(C)[C@H](C)CC[C@@]23C(=C[C@H](OC(=O)CCC)C[C@@H]12)[C@@H](OC(C)=O)O[C@H]3OC(C)=O. The van der Waals surface area contributed by atoms with Crippen molar-refractivity contribution in [3.8, 4) is 0 Å². The molecule has 2 aliphatic carbocycles. The molecule has 0 radical (unpaired) electrons. The highest BCUT2D eigenvalue weighted by Gasteiger charge is 2.67. The van der Waals surface area contributed by atoms with E-state index < -0.39 is 36.0 Å². The molecule has 2 fully saturated rings. The minimum Gasteiger partial charge on any atom is -0.458 e. The monoisotopic (exact) mass is 488 g/mol. The Hall–Kier alpha value is -2.41. The Labute approximate surface area is 208 Å². The fourth-order valence-electron chi connectivity index (χ4n) is 6.39. The lowest BCUT2D eigenvalue weighted by Gasteiger charge is -2.58. The second-order valence-electron chi connectivity index (χ2n) is 10.6. The minimum absolute atomic E-state index is 0.0410. The summed E-state index contributed by atoms with van der Waals surface area (Å²) in [6.07, 6.45) is 6.14. The minimum atomic E-state index is -0.993. The molecule has 1 spiro atoms. The van der Waals surface area contributed by atoms with Crippen LogP contribution in [0.25, 0.3) is 0 Å². The number of hydrogen-bond donors (Lipinski definition) is 0. The first-order chi connectivity index (χ1) is 16.5. The predicted octanol–water partition coefficient (Wildman–Crippen LogP) is 5.40. The van der Waals surface area contributed by atoms with Crippen molar-refractivity contribution in [1.29, 1.82) is 0 Å². The third-order valence-electron chi connectivity index (χ3n) is 8.38. The smallest absolute Gasteiger partial charge is 0.306 e. The number of hydrogen-bond acceptors (Lipinski definition) is 7. The average molecular weight is 489 g/mol. The van der Waals surface area contributed by atoms with Gasteiger partial charge in [0.2, 0.25) is 12.6 Å². The third kappa shape index (κ3) is 5.25. The fraction of sp³-hybridized carbons (Fsp3) is 0.679. The maximum atomic E-state index is 12.5. The maximum Gasteiger partial charge on any atom is 0.306 e. The van der Waals surface area contributed by atoms with Gasteiger partial charge in [-0.25, -0.2) is 0 Å². The van der Waals surface area contributed by atoms with E-state index in [2.05, 4.69) is 27.0 Å². The van der Waals surface area contributed by atoms with Gasteiger partial charge in [0, 0.05) is 25.8 Å². The van der Waals surface area contributed by atoms with E-state index in [9.17, 15) is 14.4 Å². The van der Waals surface area contributed by atoms with Gasteiger partial charge in [-0.05, 0) is 61.9 Å². The molecule has 7 nitrogen and oxygen atoms in total. The van der Waals surface area contributed by atoms with Gasteiger partial charge in [0.05, 0.1) is 5.41 Å². The molecule has 0 bridgehead atoms. The molecule has 0 N–H and O–H groups in total. The lowest BCUT2D eigenvalue weighted by molar-refractivity contribution is -0.236. The molecule has 3 rings (SSSR count). The van der Waals surface area contributed by atoms with E-state index in [1.807, 2.05) is 13.0 Å². The summed E-state index contributed by atoms with van der Waals surface area (Å²) in [6, 6.07) is 0. The first-order valence-electron chi connectivity index (χ1n) is 12.7. The van der Waals surface area contributed by atoms with Crippen molar-refractivity contribution in [2.75, 3.05) is 0 Å². The lowest BCUT2D eigenvalue weighted by atomic mass is 9.46. The molecule has 0 amide bonds. The Morgan fingerprint density at radius 3 is 2.46 bits per heavy atom. The zero-order valence-corrected chi connectivity index (χ0v) is 21.8. The number of rotatable bonds is 9. The second-order valence-corrected chi connectivity index (χ2v) is 10.6. The molecule has 0 aromatic heterocycles. The topological polar surface area (TPSA) is 88.1 Å². The van der Waals surface area contributed by atoms with Crippen LogP contribution in [0.15, 0.2) is 36.5 Å². The van der Waals surface area contributed by atoms with Crippen LogP contribution in [0.1, 0.15) is 79.6 Å². The van der Waals surface area contributed by atoms with Gasteiger partial charge in [-0.2, -0.15) is 0 Å². The number of carbonyl (C=O) groups excluding carboxylic acids is 3. The number of ether oxygens (including phenoxy) is 4. The standard InChI is InChI=1S/C28H40O7/c1-8-10-24(31)34-21-15-22-25(32-19(5)29)35-26(33-20(6)30)28(22)14-12-18(4)27(7,23(28)16-21)13-11-17(3)9-2/h9,15,18,21,23,25-26H,2-3,8,10-14,16H2,1,4-7H3/t18-,21+,23+,25+,26-,27-,28-/m1/s1. The molecule has 194 valence electrons. The summed E-state index contributed by atoms with van der Waals surface area (Å²) in [5.41, 5.74) is 0.833. The van der Waals surface area contributed by atoms with Crippen molar-refractivity contribution in [2.24, 2.45) is 22.7 Å². The highest BCUT2D eigenvalue weighted by molar-refractivity contribution is 5.70. The van der Waals surface area contributed by atoms with Crippen LogP contribution < -0.4 is 0 Å².